The van der Waals surface area contributed by atoms with E-state index in [2.05, 4.69) is 11.4 Å². The summed E-state index contributed by atoms with van der Waals surface area (Å²) in [6.45, 7) is 0.408. The van der Waals surface area contributed by atoms with Crippen molar-refractivity contribution < 1.29 is 18.0 Å². The maximum Gasteiger partial charge on any atom is 0.251 e. The predicted octanol–water partition coefficient (Wildman–Crippen LogP) is 3.72. The Morgan fingerprint density at radius 3 is 2.45 bits per heavy atom. The number of nitrogens with one attached hydrogen (secondary N) is 1. The molecule has 5 heteroatoms. The molecule has 1 aliphatic rings. The van der Waals surface area contributed by atoms with Crippen LogP contribution in [0, 0.1) is 17.5 Å². The first kappa shape index (κ1) is 14.6. The molecule has 1 aromatic carbocycles. The SMILES string of the molecule is O=C(NCCC1=CCCCC1)c1cc(F)c(F)c(F)c1. The smallest absolute Gasteiger partial charge is 0.251 e. The van der Waals surface area contributed by atoms with Crippen LogP contribution in [0.2, 0.25) is 0 Å². The van der Waals surface area contributed by atoms with Crippen LogP contribution in [0.3, 0.4) is 0 Å². The molecule has 20 heavy (non-hydrogen) atoms. The summed E-state index contributed by atoms with van der Waals surface area (Å²) < 4.78 is 38.8. The zero-order valence-corrected chi connectivity index (χ0v) is 11.0. The molecule has 0 saturated carbocycles. The molecule has 108 valence electrons. The minimum Gasteiger partial charge on any atom is -0.352 e. The maximum absolute atomic E-state index is 13.0. The maximum atomic E-state index is 13.0. The lowest BCUT2D eigenvalue weighted by Crippen LogP contribution is -2.25. The fourth-order valence-corrected chi connectivity index (χ4v) is 2.26. The number of rotatable bonds is 4. The predicted molar refractivity (Wildman–Crippen MR) is 69.8 cm³/mol. The number of amides is 1. The van der Waals surface area contributed by atoms with Crippen molar-refractivity contribution in [3.63, 3.8) is 0 Å². The van der Waals surface area contributed by atoms with Crippen LogP contribution in [0.25, 0.3) is 0 Å². The molecule has 0 radical (unpaired) electrons. The van der Waals surface area contributed by atoms with E-state index in [0.29, 0.717) is 18.7 Å². The van der Waals surface area contributed by atoms with Gasteiger partial charge in [-0.3, -0.25) is 4.79 Å². The molecular weight excluding hydrogens is 267 g/mol. The number of allylic oxidation sites excluding steroid dienone is 1. The van der Waals surface area contributed by atoms with E-state index in [1.165, 1.54) is 12.0 Å². The Balaban J connectivity index is 1.90. The third-order valence-electron chi connectivity index (χ3n) is 3.36. The van der Waals surface area contributed by atoms with Gasteiger partial charge in [0.25, 0.3) is 5.91 Å². The molecule has 0 fully saturated rings. The van der Waals surface area contributed by atoms with Gasteiger partial charge in [-0.25, -0.2) is 13.2 Å². The second kappa shape index (κ2) is 6.59. The van der Waals surface area contributed by atoms with E-state index in [1.807, 2.05) is 0 Å². The van der Waals surface area contributed by atoms with Crippen molar-refractivity contribution in [2.45, 2.75) is 32.1 Å². The molecule has 1 aromatic rings. The van der Waals surface area contributed by atoms with Crippen LogP contribution in [-0.4, -0.2) is 12.5 Å². The molecule has 0 heterocycles. The molecule has 1 N–H and O–H groups in total. The highest BCUT2D eigenvalue weighted by molar-refractivity contribution is 5.94. The average Bonchev–Trinajstić information content (AvgIpc) is 2.45. The third kappa shape index (κ3) is 3.62. The minimum atomic E-state index is -1.56. The van der Waals surface area contributed by atoms with E-state index in [1.54, 1.807) is 0 Å². The molecule has 0 unspecified atom stereocenters. The molecule has 1 aliphatic carbocycles. The first-order valence-corrected chi connectivity index (χ1v) is 6.68. The van der Waals surface area contributed by atoms with Crippen LogP contribution >= 0.6 is 0 Å². The van der Waals surface area contributed by atoms with Crippen molar-refractivity contribution >= 4 is 5.91 Å². The molecule has 0 aliphatic heterocycles. The molecule has 0 atom stereocenters. The molecule has 0 bridgehead atoms. The monoisotopic (exact) mass is 283 g/mol. The third-order valence-corrected chi connectivity index (χ3v) is 3.36. The van der Waals surface area contributed by atoms with Crippen molar-refractivity contribution in [2.75, 3.05) is 6.54 Å². The van der Waals surface area contributed by atoms with Gasteiger partial charge in [0.1, 0.15) is 0 Å². The van der Waals surface area contributed by atoms with Gasteiger partial charge < -0.3 is 5.32 Å². The van der Waals surface area contributed by atoms with Gasteiger partial charge in [-0.05, 0) is 44.2 Å². The molecule has 2 nitrogen and oxygen atoms in total. The minimum absolute atomic E-state index is 0.209. The van der Waals surface area contributed by atoms with Gasteiger partial charge in [0, 0.05) is 12.1 Å². The highest BCUT2D eigenvalue weighted by Gasteiger charge is 2.14. The van der Waals surface area contributed by atoms with E-state index in [-0.39, 0.29) is 5.56 Å². The Morgan fingerprint density at radius 1 is 1.15 bits per heavy atom. The van der Waals surface area contributed by atoms with Crippen molar-refractivity contribution in [1.82, 2.24) is 5.32 Å². The summed E-state index contributed by atoms with van der Waals surface area (Å²) in [4.78, 5) is 11.7. The Labute approximate surface area is 115 Å². The summed E-state index contributed by atoms with van der Waals surface area (Å²) in [5.41, 5.74) is 1.09. The Morgan fingerprint density at radius 2 is 1.85 bits per heavy atom. The van der Waals surface area contributed by atoms with Crippen LogP contribution < -0.4 is 5.32 Å². The molecule has 2 rings (SSSR count). The number of hydrogen-bond acceptors (Lipinski definition) is 1. The van der Waals surface area contributed by atoms with Gasteiger partial charge in [-0.2, -0.15) is 0 Å². The van der Waals surface area contributed by atoms with Gasteiger partial charge in [0.05, 0.1) is 0 Å². The Bertz CT molecular complexity index is 517. The standard InChI is InChI=1S/C15H16F3NO/c16-12-8-11(9-13(17)14(12)18)15(20)19-7-6-10-4-2-1-3-5-10/h4,8-9H,1-3,5-7H2,(H,19,20). The van der Waals surface area contributed by atoms with Gasteiger partial charge in [0.2, 0.25) is 0 Å². The molecule has 0 aromatic heterocycles. The van der Waals surface area contributed by atoms with E-state index in [4.69, 9.17) is 0 Å². The highest BCUT2D eigenvalue weighted by Crippen LogP contribution is 2.19. The molecule has 1 amide bonds. The Hall–Kier alpha value is -1.78. The molecule has 0 spiro atoms. The van der Waals surface area contributed by atoms with E-state index >= 15 is 0 Å². The first-order chi connectivity index (χ1) is 9.58. The summed E-state index contributed by atoms with van der Waals surface area (Å²) in [5, 5.41) is 2.58. The van der Waals surface area contributed by atoms with Crippen LogP contribution in [-0.2, 0) is 0 Å². The van der Waals surface area contributed by atoms with Gasteiger partial charge in [0.15, 0.2) is 17.5 Å². The molecular formula is C15H16F3NO. The second-order valence-electron chi connectivity index (χ2n) is 4.87. The van der Waals surface area contributed by atoms with E-state index in [0.717, 1.165) is 25.7 Å². The molecule has 0 saturated heterocycles. The first-order valence-electron chi connectivity index (χ1n) is 6.68. The average molecular weight is 283 g/mol. The van der Waals surface area contributed by atoms with Crippen molar-refractivity contribution in [1.29, 1.82) is 0 Å². The number of carbonyl (C=O) groups is 1. The van der Waals surface area contributed by atoms with Crippen molar-refractivity contribution in [3.8, 4) is 0 Å². The summed E-state index contributed by atoms with van der Waals surface area (Å²) in [7, 11) is 0. The fourth-order valence-electron chi connectivity index (χ4n) is 2.26. The zero-order valence-electron chi connectivity index (χ0n) is 11.0. The number of benzene rings is 1. The lowest BCUT2D eigenvalue weighted by Gasteiger charge is -2.13. The topological polar surface area (TPSA) is 29.1 Å². The lowest BCUT2D eigenvalue weighted by atomic mass is 9.97. The number of hydrogen-bond donors (Lipinski definition) is 1. The van der Waals surface area contributed by atoms with Gasteiger partial charge in [-0.15, -0.1) is 0 Å². The fraction of sp³-hybridized carbons (Fsp3) is 0.400. The summed E-state index contributed by atoms with van der Waals surface area (Å²) in [6, 6.07) is 1.40. The lowest BCUT2D eigenvalue weighted by molar-refractivity contribution is 0.0953. The van der Waals surface area contributed by atoms with Gasteiger partial charge in [-0.1, -0.05) is 11.6 Å². The normalized spacial score (nSPS) is 14.8. The zero-order chi connectivity index (χ0) is 14.5. The van der Waals surface area contributed by atoms with E-state index in [9.17, 15) is 18.0 Å². The largest absolute Gasteiger partial charge is 0.352 e. The van der Waals surface area contributed by atoms with Crippen LogP contribution in [0.4, 0.5) is 13.2 Å². The summed E-state index contributed by atoms with van der Waals surface area (Å²) >= 11 is 0. The highest BCUT2D eigenvalue weighted by atomic mass is 19.2. The van der Waals surface area contributed by atoms with Crippen LogP contribution in [0.5, 0.6) is 0 Å². The van der Waals surface area contributed by atoms with Crippen molar-refractivity contribution in [3.05, 3.63) is 46.8 Å². The summed E-state index contributed by atoms with van der Waals surface area (Å²) in [6.07, 6.45) is 7.37. The second-order valence-corrected chi connectivity index (χ2v) is 4.87. The Kier molecular flexibility index (Phi) is 4.82. The number of halogens is 3. The van der Waals surface area contributed by atoms with Crippen LogP contribution in [0.15, 0.2) is 23.8 Å². The van der Waals surface area contributed by atoms with Crippen LogP contribution in [0.1, 0.15) is 42.5 Å². The quantitative estimate of drug-likeness (QED) is 0.662. The summed E-state index contributed by atoms with van der Waals surface area (Å²) in [5.74, 6) is -4.87. The van der Waals surface area contributed by atoms with E-state index < -0.39 is 23.4 Å². The van der Waals surface area contributed by atoms with Crippen molar-refractivity contribution in [2.24, 2.45) is 0 Å². The number of carbonyl (C=O) groups excluding carboxylic acids is 1. The van der Waals surface area contributed by atoms with Gasteiger partial charge >= 0.3 is 0 Å².